The fourth-order valence-electron chi connectivity index (χ4n) is 1.32. The summed E-state index contributed by atoms with van der Waals surface area (Å²) in [5, 5.41) is 1.21. The average Bonchev–Trinajstić information content (AvgIpc) is 2.62. The highest BCUT2D eigenvalue weighted by molar-refractivity contribution is 7.98. The number of benzene rings is 1. The molecule has 15 heavy (non-hydrogen) atoms. The average molecular weight is 235 g/mol. The van der Waals surface area contributed by atoms with Crippen LogP contribution < -0.4 is 0 Å². The van der Waals surface area contributed by atoms with E-state index < -0.39 is 0 Å². The van der Waals surface area contributed by atoms with Crippen molar-refractivity contribution in [3.63, 3.8) is 0 Å². The molecule has 0 fully saturated rings. The lowest BCUT2D eigenvalue weighted by Crippen LogP contribution is -1.78. The lowest BCUT2D eigenvalue weighted by atomic mass is 10.2. The van der Waals surface area contributed by atoms with Crippen LogP contribution in [0.25, 0.3) is 0 Å². The zero-order chi connectivity index (χ0) is 10.7. The van der Waals surface area contributed by atoms with Crippen LogP contribution in [-0.4, -0.2) is 4.98 Å². The molecule has 0 saturated carbocycles. The number of hydrogen-bond acceptors (Lipinski definition) is 3. The van der Waals surface area contributed by atoms with E-state index >= 15 is 0 Å². The smallest absolute Gasteiger partial charge is 0.103 e. The van der Waals surface area contributed by atoms with Crippen LogP contribution in [0.5, 0.6) is 0 Å². The summed E-state index contributed by atoms with van der Waals surface area (Å²) in [5.74, 6) is 0.974. The second kappa shape index (κ2) is 4.81. The Kier molecular flexibility index (Phi) is 3.44. The third-order valence-corrected chi connectivity index (χ3v) is 4.12. The van der Waals surface area contributed by atoms with Crippen LogP contribution in [0, 0.1) is 13.8 Å². The largest absolute Gasteiger partial charge is 0.249 e. The van der Waals surface area contributed by atoms with Crippen LogP contribution in [0.15, 0.2) is 35.4 Å². The van der Waals surface area contributed by atoms with Gasteiger partial charge in [-0.2, -0.15) is 0 Å². The van der Waals surface area contributed by atoms with E-state index in [0.717, 1.165) is 5.75 Å². The van der Waals surface area contributed by atoms with Crippen molar-refractivity contribution >= 4 is 23.1 Å². The Bertz CT molecular complexity index is 448. The number of nitrogens with zero attached hydrogens (tertiary/aromatic N) is 1. The number of hydrogen-bond donors (Lipinski definition) is 0. The molecule has 2 aromatic rings. The van der Waals surface area contributed by atoms with Crippen molar-refractivity contribution in [2.24, 2.45) is 0 Å². The Balaban J connectivity index is 1.99. The van der Waals surface area contributed by atoms with Gasteiger partial charge in [0.15, 0.2) is 0 Å². The number of thiazole rings is 1. The van der Waals surface area contributed by atoms with Crippen LogP contribution in [0.2, 0.25) is 0 Å². The molecular formula is C12H13NS2. The molecule has 0 bridgehead atoms. The van der Waals surface area contributed by atoms with E-state index in [1.165, 1.54) is 20.3 Å². The first-order valence-electron chi connectivity index (χ1n) is 4.85. The molecule has 0 aliphatic rings. The molecule has 0 saturated heterocycles. The summed E-state index contributed by atoms with van der Waals surface area (Å²) in [7, 11) is 0. The lowest BCUT2D eigenvalue weighted by Gasteiger charge is -1.99. The molecule has 2 rings (SSSR count). The molecule has 0 unspecified atom stereocenters. The normalized spacial score (nSPS) is 10.5. The van der Waals surface area contributed by atoms with Crippen LogP contribution >= 0.6 is 23.1 Å². The highest BCUT2D eigenvalue weighted by Crippen LogP contribution is 2.25. The second-order valence-electron chi connectivity index (χ2n) is 3.47. The molecule has 1 aromatic heterocycles. The van der Waals surface area contributed by atoms with Gasteiger partial charge in [0, 0.05) is 16.0 Å². The van der Waals surface area contributed by atoms with E-state index in [1.54, 1.807) is 11.3 Å². The van der Waals surface area contributed by atoms with Crippen LogP contribution in [0.3, 0.4) is 0 Å². The van der Waals surface area contributed by atoms with Crippen molar-refractivity contribution < 1.29 is 0 Å². The predicted molar refractivity (Wildman–Crippen MR) is 67.6 cm³/mol. The minimum absolute atomic E-state index is 0.974. The number of aryl methyl sites for hydroxylation is 2. The maximum Gasteiger partial charge on any atom is 0.103 e. The minimum Gasteiger partial charge on any atom is -0.249 e. The van der Waals surface area contributed by atoms with Gasteiger partial charge in [0.1, 0.15) is 5.01 Å². The third kappa shape index (κ3) is 3.08. The summed E-state index contributed by atoms with van der Waals surface area (Å²) < 4.78 is 0. The first-order valence-corrected chi connectivity index (χ1v) is 6.65. The Hall–Kier alpha value is -0.800. The molecule has 0 atom stereocenters. The van der Waals surface area contributed by atoms with Gasteiger partial charge in [0.25, 0.3) is 0 Å². The first-order chi connectivity index (χ1) is 7.24. The molecule has 0 radical (unpaired) electrons. The Morgan fingerprint density at radius 1 is 1.33 bits per heavy atom. The third-order valence-electron chi connectivity index (χ3n) is 2.02. The van der Waals surface area contributed by atoms with Crippen molar-refractivity contribution in [1.29, 1.82) is 0 Å². The monoisotopic (exact) mass is 235 g/mol. The van der Waals surface area contributed by atoms with Gasteiger partial charge in [0.2, 0.25) is 0 Å². The van der Waals surface area contributed by atoms with Crippen molar-refractivity contribution in [2.75, 3.05) is 0 Å². The van der Waals surface area contributed by atoms with Crippen molar-refractivity contribution in [2.45, 2.75) is 24.5 Å². The van der Waals surface area contributed by atoms with Gasteiger partial charge in [0.05, 0.1) is 5.75 Å². The molecule has 1 nitrogen and oxygen atoms in total. The molecule has 0 amide bonds. The Morgan fingerprint density at radius 3 is 2.87 bits per heavy atom. The van der Waals surface area contributed by atoms with Gasteiger partial charge in [-0.25, -0.2) is 4.98 Å². The van der Waals surface area contributed by atoms with Gasteiger partial charge in [-0.1, -0.05) is 17.7 Å². The fourth-order valence-corrected chi connectivity index (χ4v) is 3.12. The van der Waals surface area contributed by atoms with Crippen LogP contribution in [0.4, 0.5) is 0 Å². The van der Waals surface area contributed by atoms with Gasteiger partial charge in [-0.05, 0) is 26.0 Å². The van der Waals surface area contributed by atoms with Gasteiger partial charge in [-0.15, -0.1) is 23.1 Å². The van der Waals surface area contributed by atoms with Crippen molar-refractivity contribution in [3.05, 3.63) is 45.9 Å². The van der Waals surface area contributed by atoms with Gasteiger partial charge >= 0.3 is 0 Å². The molecular weight excluding hydrogens is 222 g/mol. The summed E-state index contributed by atoms with van der Waals surface area (Å²) in [4.78, 5) is 6.96. The number of rotatable bonds is 3. The zero-order valence-electron chi connectivity index (χ0n) is 8.86. The highest BCUT2D eigenvalue weighted by Gasteiger charge is 2.00. The molecule has 0 spiro atoms. The van der Waals surface area contributed by atoms with Gasteiger partial charge < -0.3 is 0 Å². The van der Waals surface area contributed by atoms with E-state index in [0.29, 0.717) is 0 Å². The predicted octanol–water partition coefficient (Wildman–Crippen LogP) is 4.05. The fraction of sp³-hybridized carbons (Fsp3) is 0.250. The quantitative estimate of drug-likeness (QED) is 0.744. The van der Waals surface area contributed by atoms with Gasteiger partial charge in [-0.3, -0.25) is 0 Å². The zero-order valence-corrected chi connectivity index (χ0v) is 10.5. The Labute approximate surface area is 98.6 Å². The first kappa shape index (κ1) is 10.7. The van der Waals surface area contributed by atoms with E-state index in [4.69, 9.17) is 0 Å². The molecule has 0 aliphatic carbocycles. The van der Waals surface area contributed by atoms with Crippen LogP contribution in [-0.2, 0) is 5.75 Å². The number of aromatic nitrogens is 1. The van der Waals surface area contributed by atoms with Crippen molar-refractivity contribution in [3.8, 4) is 0 Å². The topological polar surface area (TPSA) is 12.9 Å². The van der Waals surface area contributed by atoms with E-state index in [9.17, 15) is 0 Å². The van der Waals surface area contributed by atoms with Crippen LogP contribution in [0.1, 0.15) is 15.4 Å². The maximum absolute atomic E-state index is 4.35. The summed E-state index contributed by atoms with van der Waals surface area (Å²) >= 11 is 3.63. The van der Waals surface area contributed by atoms with E-state index in [1.807, 2.05) is 18.0 Å². The number of thioether (sulfide) groups is 1. The summed E-state index contributed by atoms with van der Waals surface area (Å²) in [5.41, 5.74) is 1.32. The van der Waals surface area contributed by atoms with E-state index in [-0.39, 0.29) is 0 Å². The highest BCUT2D eigenvalue weighted by atomic mass is 32.2. The standard InChI is InChI=1S/C12H13NS2/c1-9-4-3-5-11(6-9)14-8-12-13-7-10(2)15-12/h3-7H,8H2,1-2H3. The molecule has 78 valence electrons. The molecule has 0 N–H and O–H groups in total. The Morgan fingerprint density at radius 2 is 2.20 bits per heavy atom. The summed E-state index contributed by atoms with van der Waals surface area (Å²) in [6.45, 7) is 4.22. The maximum atomic E-state index is 4.35. The van der Waals surface area contributed by atoms with Crippen molar-refractivity contribution in [1.82, 2.24) is 4.98 Å². The SMILES string of the molecule is Cc1cccc(SCc2ncc(C)s2)c1. The van der Waals surface area contributed by atoms with E-state index in [2.05, 4.69) is 43.1 Å². The summed E-state index contributed by atoms with van der Waals surface area (Å²) in [6, 6.07) is 8.59. The second-order valence-corrected chi connectivity index (χ2v) is 5.84. The molecule has 1 heterocycles. The lowest BCUT2D eigenvalue weighted by molar-refractivity contribution is 1.25. The molecule has 3 heteroatoms. The molecule has 1 aromatic carbocycles. The summed E-state index contributed by atoms with van der Waals surface area (Å²) in [6.07, 6.45) is 1.94. The molecule has 0 aliphatic heterocycles. The minimum atomic E-state index is 0.974.